The number of hydrogen-bond donors (Lipinski definition) is 2. The van der Waals surface area contributed by atoms with E-state index in [1.807, 2.05) is 6.92 Å². The van der Waals surface area contributed by atoms with Crippen molar-refractivity contribution in [3.8, 4) is 0 Å². The van der Waals surface area contributed by atoms with Gasteiger partial charge in [0.25, 0.3) is 0 Å². The van der Waals surface area contributed by atoms with Crippen LogP contribution in [0.4, 0.5) is 13.2 Å². The predicted molar refractivity (Wildman–Crippen MR) is 110 cm³/mol. The summed E-state index contributed by atoms with van der Waals surface area (Å²) in [5.74, 6) is 1.36. The second-order valence-electron chi connectivity index (χ2n) is 6.91. The third-order valence-electron chi connectivity index (χ3n) is 4.40. The minimum Gasteiger partial charge on any atom is -0.378 e. The summed E-state index contributed by atoms with van der Waals surface area (Å²) in [5.41, 5.74) is 0. The van der Waals surface area contributed by atoms with E-state index in [0.29, 0.717) is 38.1 Å². The third kappa shape index (κ3) is 10.8. The van der Waals surface area contributed by atoms with Crippen LogP contribution in [0.1, 0.15) is 33.6 Å². The molecular formula is C17H34F3IN4O. The van der Waals surface area contributed by atoms with Crippen molar-refractivity contribution in [1.82, 2.24) is 15.5 Å². The molecule has 1 saturated heterocycles. The molecule has 156 valence electrons. The second kappa shape index (κ2) is 13.0. The Morgan fingerprint density at radius 3 is 2.54 bits per heavy atom. The number of likely N-dealkylation sites (tertiary alicyclic amines) is 1. The maximum atomic E-state index is 12.4. The fourth-order valence-corrected chi connectivity index (χ4v) is 3.09. The SMILES string of the molecule is CCOC(CCNC(=NC)NCC1CCN(CC(F)(F)F)C1)C(C)C.I. The van der Waals surface area contributed by atoms with Crippen molar-refractivity contribution in [1.29, 1.82) is 0 Å². The number of nitrogens with zero attached hydrogens (tertiary/aromatic N) is 2. The van der Waals surface area contributed by atoms with Crippen LogP contribution in [0.15, 0.2) is 4.99 Å². The highest BCUT2D eigenvalue weighted by molar-refractivity contribution is 14.0. The summed E-state index contributed by atoms with van der Waals surface area (Å²) in [6, 6.07) is 0. The first-order chi connectivity index (χ1) is 11.7. The molecule has 2 unspecified atom stereocenters. The fourth-order valence-electron chi connectivity index (χ4n) is 3.09. The van der Waals surface area contributed by atoms with E-state index >= 15 is 0 Å². The number of alkyl halides is 3. The summed E-state index contributed by atoms with van der Waals surface area (Å²) in [6.45, 7) is 8.51. The van der Waals surface area contributed by atoms with Crippen LogP contribution in [0.25, 0.3) is 0 Å². The molecule has 0 aromatic carbocycles. The second-order valence-corrected chi connectivity index (χ2v) is 6.91. The third-order valence-corrected chi connectivity index (χ3v) is 4.40. The Kier molecular flexibility index (Phi) is 12.8. The molecule has 1 heterocycles. The largest absolute Gasteiger partial charge is 0.401 e. The van der Waals surface area contributed by atoms with Gasteiger partial charge in [-0.25, -0.2) is 0 Å². The Bertz CT molecular complexity index is 408. The number of guanidine groups is 1. The van der Waals surface area contributed by atoms with Gasteiger partial charge in [-0.2, -0.15) is 13.2 Å². The maximum Gasteiger partial charge on any atom is 0.401 e. The van der Waals surface area contributed by atoms with Gasteiger partial charge >= 0.3 is 6.18 Å². The highest BCUT2D eigenvalue weighted by Crippen LogP contribution is 2.22. The van der Waals surface area contributed by atoms with Crippen LogP contribution in [0.2, 0.25) is 0 Å². The van der Waals surface area contributed by atoms with Crippen molar-refractivity contribution in [3.63, 3.8) is 0 Å². The van der Waals surface area contributed by atoms with E-state index in [1.165, 1.54) is 4.90 Å². The van der Waals surface area contributed by atoms with Gasteiger partial charge in [0.15, 0.2) is 5.96 Å². The van der Waals surface area contributed by atoms with E-state index in [-0.39, 0.29) is 36.0 Å². The highest BCUT2D eigenvalue weighted by atomic mass is 127. The van der Waals surface area contributed by atoms with E-state index in [0.717, 1.165) is 19.4 Å². The first kappa shape index (κ1) is 25.7. The lowest BCUT2D eigenvalue weighted by Gasteiger charge is -2.22. The van der Waals surface area contributed by atoms with Crippen molar-refractivity contribution in [3.05, 3.63) is 0 Å². The number of ether oxygens (including phenoxy) is 1. The normalized spacial score (nSPS) is 20.2. The molecule has 1 aliphatic rings. The minimum atomic E-state index is -4.12. The summed E-state index contributed by atoms with van der Waals surface area (Å²) >= 11 is 0. The van der Waals surface area contributed by atoms with E-state index in [1.54, 1.807) is 7.05 Å². The lowest BCUT2D eigenvalue weighted by atomic mass is 10.0. The molecule has 0 spiro atoms. The van der Waals surface area contributed by atoms with Crippen LogP contribution in [-0.2, 0) is 4.74 Å². The molecule has 0 radical (unpaired) electrons. The zero-order valence-electron chi connectivity index (χ0n) is 16.2. The monoisotopic (exact) mass is 494 g/mol. The van der Waals surface area contributed by atoms with Crippen molar-refractivity contribution in [2.24, 2.45) is 16.8 Å². The van der Waals surface area contributed by atoms with Gasteiger partial charge in [-0.1, -0.05) is 13.8 Å². The van der Waals surface area contributed by atoms with Gasteiger partial charge < -0.3 is 15.4 Å². The number of aliphatic imine (C=N–C) groups is 1. The average Bonchev–Trinajstić information content (AvgIpc) is 2.94. The molecule has 0 amide bonds. The Balaban J connectivity index is 0.00000625. The average molecular weight is 494 g/mol. The maximum absolute atomic E-state index is 12.4. The van der Waals surface area contributed by atoms with Crippen LogP contribution in [0, 0.1) is 11.8 Å². The van der Waals surface area contributed by atoms with E-state index in [9.17, 15) is 13.2 Å². The van der Waals surface area contributed by atoms with Crippen molar-refractivity contribution >= 4 is 29.9 Å². The Morgan fingerprint density at radius 1 is 1.31 bits per heavy atom. The molecule has 0 aromatic heterocycles. The summed E-state index contributed by atoms with van der Waals surface area (Å²) < 4.78 is 43.0. The molecule has 2 atom stereocenters. The Labute approximate surface area is 172 Å². The van der Waals surface area contributed by atoms with E-state index < -0.39 is 12.7 Å². The fraction of sp³-hybridized carbons (Fsp3) is 0.941. The molecule has 1 rings (SSSR count). The molecule has 5 nitrogen and oxygen atoms in total. The molecule has 0 saturated carbocycles. The lowest BCUT2D eigenvalue weighted by Crippen LogP contribution is -2.42. The zero-order chi connectivity index (χ0) is 18.9. The number of nitrogens with one attached hydrogen (secondary N) is 2. The highest BCUT2D eigenvalue weighted by Gasteiger charge is 2.34. The van der Waals surface area contributed by atoms with E-state index in [4.69, 9.17) is 4.74 Å². The first-order valence-electron chi connectivity index (χ1n) is 9.10. The van der Waals surface area contributed by atoms with E-state index in [2.05, 4.69) is 29.5 Å². The lowest BCUT2D eigenvalue weighted by molar-refractivity contribution is -0.143. The van der Waals surface area contributed by atoms with Crippen LogP contribution in [-0.4, -0.2) is 69.5 Å². The molecule has 0 aliphatic carbocycles. The molecule has 2 N–H and O–H groups in total. The van der Waals surface area contributed by atoms with Crippen molar-refractivity contribution in [2.45, 2.75) is 45.9 Å². The van der Waals surface area contributed by atoms with Gasteiger partial charge in [0.1, 0.15) is 0 Å². The van der Waals surface area contributed by atoms with Crippen LogP contribution < -0.4 is 10.6 Å². The van der Waals surface area contributed by atoms with Gasteiger partial charge in [-0.3, -0.25) is 9.89 Å². The topological polar surface area (TPSA) is 48.9 Å². The first-order valence-corrected chi connectivity index (χ1v) is 9.10. The Hall–Kier alpha value is -0.290. The standard InChI is InChI=1S/C17H33F3N4O.HI/c1-5-25-15(13(2)3)6-8-22-16(21-4)23-10-14-7-9-24(11-14)12-17(18,19)20;/h13-15H,5-12H2,1-4H3,(H2,21,22,23);1H. The van der Waals surface area contributed by atoms with Crippen LogP contribution >= 0.6 is 24.0 Å². The summed E-state index contributed by atoms with van der Waals surface area (Å²) in [7, 11) is 1.70. The zero-order valence-corrected chi connectivity index (χ0v) is 18.6. The summed E-state index contributed by atoms with van der Waals surface area (Å²) in [6.07, 6.45) is -2.25. The van der Waals surface area contributed by atoms with Crippen molar-refractivity contribution in [2.75, 3.05) is 46.4 Å². The quantitative estimate of drug-likeness (QED) is 0.294. The van der Waals surface area contributed by atoms with Gasteiger partial charge in [-0.05, 0) is 38.1 Å². The predicted octanol–water partition coefficient (Wildman–Crippen LogP) is 3.10. The number of hydrogen-bond acceptors (Lipinski definition) is 3. The Morgan fingerprint density at radius 2 is 2.00 bits per heavy atom. The molecule has 0 bridgehead atoms. The molecule has 0 aromatic rings. The van der Waals surface area contributed by atoms with Gasteiger partial charge in [0.05, 0.1) is 12.6 Å². The summed E-state index contributed by atoms with van der Waals surface area (Å²) in [5, 5.41) is 6.47. The summed E-state index contributed by atoms with van der Waals surface area (Å²) in [4.78, 5) is 5.65. The van der Waals surface area contributed by atoms with Gasteiger partial charge in [0.2, 0.25) is 0 Å². The number of halogens is 4. The number of rotatable bonds is 9. The molecule has 9 heteroatoms. The van der Waals surface area contributed by atoms with Crippen molar-refractivity contribution < 1.29 is 17.9 Å². The minimum absolute atomic E-state index is 0. The molecule has 1 fully saturated rings. The smallest absolute Gasteiger partial charge is 0.378 e. The molecule has 26 heavy (non-hydrogen) atoms. The van der Waals surface area contributed by atoms with Crippen LogP contribution in [0.5, 0.6) is 0 Å². The van der Waals surface area contributed by atoms with Gasteiger partial charge in [0, 0.05) is 33.3 Å². The molecule has 1 aliphatic heterocycles. The van der Waals surface area contributed by atoms with Crippen LogP contribution in [0.3, 0.4) is 0 Å². The molecular weight excluding hydrogens is 460 g/mol. The van der Waals surface area contributed by atoms with Gasteiger partial charge in [-0.15, -0.1) is 24.0 Å².